The van der Waals surface area contributed by atoms with E-state index in [-0.39, 0.29) is 0 Å². The van der Waals surface area contributed by atoms with E-state index in [1.807, 2.05) is 7.11 Å². The fourth-order valence-electron chi connectivity index (χ4n) is 2.28. The van der Waals surface area contributed by atoms with E-state index in [0.717, 1.165) is 6.35 Å². The maximum atomic E-state index is 9.75. The molecule has 7 heteroatoms. The second-order valence-electron chi connectivity index (χ2n) is 5.49. The molecule has 0 N–H and O–H groups in total. The van der Waals surface area contributed by atoms with Crippen molar-refractivity contribution in [1.29, 1.82) is 0 Å². The molecule has 0 amide bonds. The summed E-state index contributed by atoms with van der Waals surface area (Å²) in [7, 11) is -4.88. The zero-order chi connectivity index (χ0) is 16.8. The van der Waals surface area contributed by atoms with Gasteiger partial charge in [0.25, 0.3) is 0 Å². The number of unbranched alkanes of at least 4 members (excludes halogenated alkanes) is 3. The highest BCUT2D eigenvalue weighted by Crippen LogP contribution is 2.60. The molecule has 0 aromatic rings. The lowest BCUT2D eigenvalue weighted by Crippen LogP contribution is -2.13. The second-order valence-corrected chi connectivity index (χ2v) is 9.77. The third-order valence-corrected chi connectivity index (χ3v) is 7.96. The average molecular weight is 334 g/mol. The molecule has 0 radical (unpaired) electrons. The van der Waals surface area contributed by atoms with E-state index in [4.69, 9.17) is 4.74 Å². The Kier molecular flexibility index (Phi) is 15.4. The number of hydrogen-bond acceptors (Lipinski definition) is 1. The Morgan fingerprint density at radius 1 is 0.762 bits per heavy atom. The van der Waals surface area contributed by atoms with Crippen LogP contribution in [0.1, 0.15) is 59.3 Å². The van der Waals surface area contributed by atoms with Crippen LogP contribution in [0.4, 0.5) is 17.3 Å². The standard InChI is InChI=1S/C14H32OP.BF4/c1-5-8-11-16(14-15-4,12-9-6-2)13-10-7-3;2-1(3,4)5/h5-14H2,1-4H3;/q+1;-1. The first-order chi connectivity index (χ1) is 9.74. The SMILES string of the molecule is CCCC[P+](CCCC)(CCCC)COC.F[B-](F)(F)F. The minimum absolute atomic E-state index is 0.768. The third kappa shape index (κ3) is 18.1. The van der Waals surface area contributed by atoms with Gasteiger partial charge in [0.1, 0.15) is 0 Å². The van der Waals surface area contributed by atoms with Crippen LogP contribution in [-0.2, 0) is 4.74 Å². The molecule has 0 unspecified atom stereocenters. The van der Waals surface area contributed by atoms with Crippen molar-refractivity contribution < 1.29 is 22.0 Å². The zero-order valence-corrected chi connectivity index (χ0v) is 14.9. The van der Waals surface area contributed by atoms with Crippen LogP contribution in [0, 0.1) is 0 Å². The van der Waals surface area contributed by atoms with Crippen molar-refractivity contribution in [2.45, 2.75) is 59.3 Å². The van der Waals surface area contributed by atoms with Crippen molar-refractivity contribution in [3.63, 3.8) is 0 Å². The Bertz CT molecular complexity index is 200. The first-order valence-electron chi connectivity index (χ1n) is 7.96. The van der Waals surface area contributed by atoms with Gasteiger partial charge in [-0.3, -0.25) is 0 Å². The van der Waals surface area contributed by atoms with Gasteiger partial charge in [-0.2, -0.15) is 0 Å². The lowest BCUT2D eigenvalue weighted by atomic mass is 10.3. The van der Waals surface area contributed by atoms with Crippen LogP contribution in [-0.4, -0.2) is 39.2 Å². The molecule has 0 aliphatic heterocycles. The first-order valence-corrected chi connectivity index (χ1v) is 10.5. The number of rotatable bonds is 11. The summed E-state index contributed by atoms with van der Waals surface area (Å²) in [6.07, 6.45) is 13.7. The van der Waals surface area contributed by atoms with Gasteiger partial charge in [0.05, 0.1) is 18.5 Å². The van der Waals surface area contributed by atoms with Crippen LogP contribution in [0.15, 0.2) is 0 Å². The highest BCUT2D eigenvalue weighted by Gasteiger charge is 2.35. The topological polar surface area (TPSA) is 9.23 Å². The molecule has 0 aromatic carbocycles. The van der Waals surface area contributed by atoms with Gasteiger partial charge in [-0.05, 0) is 19.3 Å². The summed E-state index contributed by atoms with van der Waals surface area (Å²) in [5.41, 5.74) is 0. The summed E-state index contributed by atoms with van der Waals surface area (Å²) in [4.78, 5) is 0. The minimum atomic E-state index is -6.00. The maximum absolute atomic E-state index is 9.75. The number of halogens is 4. The van der Waals surface area contributed by atoms with E-state index in [2.05, 4.69) is 20.8 Å². The number of ether oxygens (including phenoxy) is 1. The Labute approximate surface area is 128 Å². The molecule has 0 heterocycles. The highest BCUT2D eigenvalue weighted by molar-refractivity contribution is 7.75. The highest BCUT2D eigenvalue weighted by atomic mass is 31.2. The summed E-state index contributed by atoms with van der Waals surface area (Å²) >= 11 is 0. The fourth-order valence-corrected chi connectivity index (χ4v) is 6.85. The Balaban J connectivity index is 0. The Hall–Kier alpha value is 0.175. The van der Waals surface area contributed by atoms with Crippen molar-refractivity contribution >= 4 is 14.5 Å². The van der Waals surface area contributed by atoms with Gasteiger partial charge in [-0.25, -0.2) is 0 Å². The van der Waals surface area contributed by atoms with E-state index in [0.29, 0.717) is 0 Å². The fraction of sp³-hybridized carbons (Fsp3) is 1.00. The summed E-state index contributed by atoms with van der Waals surface area (Å²) in [6, 6.07) is 0. The first kappa shape index (κ1) is 23.4. The molecular formula is C14H32BF4OP. The van der Waals surface area contributed by atoms with E-state index in [1.54, 1.807) is 0 Å². The lowest BCUT2D eigenvalue weighted by Gasteiger charge is -2.26. The van der Waals surface area contributed by atoms with Crippen LogP contribution >= 0.6 is 7.26 Å². The molecule has 0 aliphatic rings. The maximum Gasteiger partial charge on any atom is 0.673 e. The van der Waals surface area contributed by atoms with Gasteiger partial charge < -0.3 is 22.0 Å². The van der Waals surface area contributed by atoms with E-state index >= 15 is 0 Å². The van der Waals surface area contributed by atoms with E-state index < -0.39 is 14.5 Å². The summed E-state index contributed by atoms with van der Waals surface area (Å²) in [5.74, 6) is 0. The monoisotopic (exact) mass is 334 g/mol. The van der Waals surface area contributed by atoms with Gasteiger partial charge in [-0.1, -0.05) is 40.0 Å². The molecular weight excluding hydrogens is 302 g/mol. The molecule has 0 saturated heterocycles. The van der Waals surface area contributed by atoms with Crippen molar-refractivity contribution in [3.8, 4) is 0 Å². The van der Waals surface area contributed by atoms with Crippen LogP contribution in [0.2, 0.25) is 0 Å². The molecule has 0 saturated carbocycles. The molecule has 0 aromatic heterocycles. The van der Waals surface area contributed by atoms with Gasteiger partial charge in [-0.15, -0.1) is 0 Å². The minimum Gasteiger partial charge on any atom is -0.418 e. The van der Waals surface area contributed by atoms with Crippen molar-refractivity contribution in [2.75, 3.05) is 31.9 Å². The van der Waals surface area contributed by atoms with E-state index in [9.17, 15) is 17.3 Å². The second kappa shape index (κ2) is 13.8. The number of hydrogen-bond donors (Lipinski definition) is 0. The van der Waals surface area contributed by atoms with Crippen molar-refractivity contribution in [2.24, 2.45) is 0 Å². The van der Waals surface area contributed by atoms with Crippen LogP contribution in [0.5, 0.6) is 0 Å². The van der Waals surface area contributed by atoms with Crippen LogP contribution in [0.3, 0.4) is 0 Å². The molecule has 0 bridgehead atoms. The smallest absolute Gasteiger partial charge is 0.418 e. The van der Waals surface area contributed by atoms with Crippen molar-refractivity contribution in [1.82, 2.24) is 0 Å². The summed E-state index contributed by atoms with van der Waals surface area (Å²) in [5, 5.41) is 0. The van der Waals surface area contributed by atoms with Crippen LogP contribution < -0.4 is 0 Å². The van der Waals surface area contributed by atoms with Crippen molar-refractivity contribution in [3.05, 3.63) is 0 Å². The predicted molar refractivity (Wildman–Crippen MR) is 88.3 cm³/mol. The molecule has 21 heavy (non-hydrogen) atoms. The molecule has 0 aliphatic carbocycles. The van der Waals surface area contributed by atoms with Crippen LogP contribution in [0.25, 0.3) is 0 Å². The molecule has 0 fully saturated rings. The zero-order valence-electron chi connectivity index (χ0n) is 14.0. The van der Waals surface area contributed by atoms with Gasteiger partial charge in [0, 0.05) is 14.4 Å². The quantitative estimate of drug-likeness (QED) is 0.244. The number of methoxy groups -OCH3 is 1. The molecule has 1 nitrogen and oxygen atoms in total. The normalized spacial score (nSPS) is 12.0. The van der Waals surface area contributed by atoms with Gasteiger partial charge in [0.15, 0.2) is 6.35 Å². The molecule has 0 rings (SSSR count). The largest absolute Gasteiger partial charge is 0.673 e. The Morgan fingerprint density at radius 2 is 1.05 bits per heavy atom. The molecule has 0 spiro atoms. The summed E-state index contributed by atoms with van der Waals surface area (Å²) in [6.45, 7) is 6.92. The predicted octanol–water partition coefficient (Wildman–Crippen LogP) is 6.31. The molecule has 0 atom stereocenters. The third-order valence-electron chi connectivity index (χ3n) is 3.36. The molecule has 130 valence electrons. The average Bonchev–Trinajstić information content (AvgIpc) is 2.38. The Morgan fingerprint density at radius 3 is 1.24 bits per heavy atom. The van der Waals surface area contributed by atoms with Gasteiger partial charge in [0.2, 0.25) is 0 Å². The van der Waals surface area contributed by atoms with E-state index in [1.165, 1.54) is 57.0 Å². The lowest BCUT2D eigenvalue weighted by molar-refractivity contribution is 0.252. The summed E-state index contributed by atoms with van der Waals surface area (Å²) < 4.78 is 44.5. The van der Waals surface area contributed by atoms with Gasteiger partial charge >= 0.3 is 7.25 Å².